The van der Waals surface area contributed by atoms with Gasteiger partial charge in [0.25, 0.3) is 0 Å². The van der Waals surface area contributed by atoms with E-state index in [1.807, 2.05) is 0 Å². The average Bonchev–Trinajstić information content (AvgIpc) is 2.63. The normalized spacial score (nSPS) is 14.7. The van der Waals surface area contributed by atoms with E-state index in [1.54, 1.807) is 20.9 Å². The van der Waals surface area contributed by atoms with Crippen LogP contribution in [0, 0.1) is 5.92 Å². The minimum absolute atomic E-state index is 0.0982. The smallest absolute Gasteiger partial charge is 0.337 e. The highest BCUT2D eigenvalue weighted by molar-refractivity contribution is 5.75. The first-order valence-electron chi connectivity index (χ1n) is 9.99. The fraction of sp³-hybridized carbons (Fsp3) is 0.895. The highest BCUT2D eigenvalue weighted by Gasteiger charge is 2.34. The Hall–Kier alpha value is -1.22. The summed E-state index contributed by atoms with van der Waals surface area (Å²) in [6.45, 7) is 3.88. The molecule has 0 aromatic rings. The number of aliphatic hydroxyl groups excluding tert-OH is 2. The fourth-order valence-corrected chi connectivity index (χ4v) is 2.66. The lowest BCUT2D eigenvalue weighted by molar-refractivity contribution is -0.177. The van der Waals surface area contributed by atoms with Crippen molar-refractivity contribution in [3.63, 3.8) is 0 Å². The number of hydrogen-bond acceptors (Lipinski definition) is 6. The van der Waals surface area contributed by atoms with Gasteiger partial charge in [0.05, 0.1) is 6.10 Å². The van der Waals surface area contributed by atoms with Gasteiger partial charge in [0.15, 0.2) is 0 Å². The van der Waals surface area contributed by atoms with E-state index < -0.39 is 24.3 Å². The Kier molecular flexibility index (Phi) is 15.1. The Morgan fingerprint density at radius 1 is 0.889 bits per heavy atom. The third kappa shape index (κ3) is 12.7. The molecule has 0 fully saturated rings. The second kappa shape index (κ2) is 15.8. The van der Waals surface area contributed by atoms with E-state index in [4.69, 9.17) is 9.94 Å². The van der Waals surface area contributed by atoms with E-state index in [-0.39, 0.29) is 11.8 Å². The van der Waals surface area contributed by atoms with Crippen LogP contribution in [0.4, 0.5) is 0 Å². The van der Waals surface area contributed by atoms with Gasteiger partial charge < -0.3 is 20.6 Å². The zero-order valence-corrected chi connectivity index (χ0v) is 16.9. The minimum atomic E-state index is -1.50. The van der Waals surface area contributed by atoms with Crippen molar-refractivity contribution in [2.75, 3.05) is 13.6 Å². The van der Waals surface area contributed by atoms with E-state index in [0.29, 0.717) is 13.0 Å². The number of carboxylic acids is 1. The summed E-state index contributed by atoms with van der Waals surface area (Å²) in [5.41, 5.74) is 2.59. The summed E-state index contributed by atoms with van der Waals surface area (Å²) in [6, 6.07) is 0. The first kappa shape index (κ1) is 25.8. The highest BCUT2D eigenvalue weighted by atomic mass is 16.7. The van der Waals surface area contributed by atoms with Crippen LogP contribution in [0.15, 0.2) is 0 Å². The largest absolute Gasteiger partial charge is 0.479 e. The van der Waals surface area contributed by atoms with E-state index in [9.17, 15) is 19.8 Å². The van der Waals surface area contributed by atoms with E-state index in [0.717, 1.165) is 51.4 Å². The number of hydrogen-bond donors (Lipinski definition) is 5. The standard InChI is InChI=1S/C19H38N2O6/c1-14(2)16(23)17(24)18(19(25)26)27-21-13-11-9-7-5-4-6-8-10-12-15(22)20-3/h14,16-18,21,23-24H,4-13H2,1-3H3,(H,20,22)(H,25,26). The van der Waals surface area contributed by atoms with Gasteiger partial charge >= 0.3 is 5.97 Å². The number of amides is 1. The first-order valence-corrected chi connectivity index (χ1v) is 9.99. The van der Waals surface area contributed by atoms with Crippen LogP contribution in [0.5, 0.6) is 0 Å². The van der Waals surface area contributed by atoms with Crippen molar-refractivity contribution in [3.05, 3.63) is 0 Å². The molecule has 8 heteroatoms. The van der Waals surface area contributed by atoms with Gasteiger partial charge in [-0.15, -0.1) is 0 Å². The molecule has 3 atom stereocenters. The number of rotatable bonds is 17. The maximum Gasteiger partial charge on any atom is 0.337 e. The molecule has 0 saturated carbocycles. The average molecular weight is 391 g/mol. The molecule has 0 radical (unpaired) electrons. The van der Waals surface area contributed by atoms with Gasteiger partial charge in [-0.05, 0) is 18.8 Å². The molecule has 0 aromatic heterocycles. The van der Waals surface area contributed by atoms with Crippen LogP contribution in [-0.4, -0.2) is 59.1 Å². The molecule has 160 valence electrons. The zero-order chi connectivity index (χ0) is 20.7. The summed E-state index contributed by atoms with van der Waals surface area (Å²) in [7, 11) is 1.65. The molecular formula is C19H38N2O6. The lowest BCUT2D eigenvalue weighted by Gasteiger charge is -2.26. The molecule has 0 aliphatic heterocycles. The maximum absolute atomic E-state index is 11.2. The molecule has 8 nitrogen and oxygen atoms in total. The maximum atomic E-state index is 11.2. The molecule has 0 aromatic carbocycles. The Morgan fingerprint density at radius 2 is 1.41 bits per heavy atom. The van der Waals surface area contributed by atoms with Crippen molar-refractivity contribution < 1.29 is 29.7 Å². The second-order valence-corrected chi connectivity index (χ2v) is 7.25. The van der Waals surface area contributed by atoms with Crippen LogP contribution in [-0.2, 0) is 14.4 Å². The molecule has 0 saturated heterocycles. The Balaban J connectivity index is 3.66. The van der Waals surface area contributed by atoms with Gasteiger partial charge in [-0.3, -0.25) is 9.63 Å². The number of carbonyl (C=O) groups excluding carboxylic acids is 1. The van der Waals surface area contributed by atoms with Gasteiger partial charge in [0.2, 0.25) is 12.0 Å². The molecule has 27 heavy (non-hydrogen) atoms. The molecule has 0 aliphatic carbocycles. The summed E-state index contributed by atoms with van der Waals surface area (Å²) < 4.78 is 0. The Morgan fingerprint density at radius 3 is 1.89 bits per heavy atom. The number of hydroxylamine groups is 1. The molecule has 5 N–H and O–H groups in total. The van der Waals surface area contributed by atoms with Gasteiger partial charge in [0, 0.05) is 20.0 Å². The third-order valence-corrected chi connectivity index (χ3v) is 4.51. The number of carboxylic acid groups (broad SMARTS) is 1. The summed E-state index contributed by atoms with van der Waals surface area (Å²) in [5.74, 6) is -1.48. The number of nitrogens with one attached hydrogen (secondary N) is 2. The second-order valence-electron chi connectivity index (χ2n) is 7.25. The number of aliphatic carboxylic acids is 1. The van der Waals surface area contributed by atoms with Crippen molar-refractivity contribution >= 4 is 11.9 Å². The lowest BCUT2D eigenvalue weighted by atomic mass is 9.98. The number of unbranched alkanes of at least 4 members (excludes halogenated alkanes) is 7. The van der Waals surface area contributed by atoms with E-state index >= 15 is 0 Å². The number of aliphatic hydroxyl groups is 2. The monoisotopic (exact) mass is 390 g/mol. The summed E-state index contributed by atoms with van der Waals surface area (Å²) >= 11 is 0. The van der Waals surface area contributed by atoms with Gasteiger partial charge in [-0.1, -0.05) is 52.4 Å². The zero-order valence-electron chi connectivity index (χ0n) is 16.9. The molecule has 0 rings (SSSR count). The fourth-order valence-electron chi connectivity index (χ4n) is 2.66. The minimum Gasteiger partial charge on any atom is -0.479 e. The molecule has 3 unspecified atom stereocenters. The molecule has 1 amide bonds. The van der Waals surface area contributed by atoms with Gasteiger partial charge in [0.1, 0.15) is 6.10 Å². The van der Waals surface area contributed by atoms with Crippen molar-refractivity contribution in [1.29, 1.82) is 0 Å². The van der Waals surface area contributed by atoms with E-state index in [1.165, 1.54) is 0 Å². The van der Waals surface area contributed by atoms with E-state index in [2.05, 4.69) is 10.8 Å². The molecular weight excluding hydrogens is 352 g/mol. The van der Waals surface area contributed by atoms with Crippen LogP contribution in [0.2, 0.25) is 0 Å². The van der Waals surface area contributed by atoms with Crippen molar-refractivity contribution in [2.45, 2.75) is 89.9 Å². The number of carbonyl (C=O) groups is 2. The summed E-state index contributed by atoms with van der Waals surface area (Å²) in [6.07, 6.45) is 4.81. The molecule has 0 spiro atoms. The van der Waals surface area contributed by atoms with Crippen LogP contribution < -0.4 is 10.8 Å². The van der Waals surface area contributed by atoms with Crippen LogP contribution >= 0.6 is 0 Å². The van der Waals surface area contributed by atoms with Crippen molar-refractivity contribution in [1.82, 2.24) is 10.8 Å². The molecule has 0 heterocycles. The van der Waals surface area contributed by atoms with Crippen molar-refractivity contribution in [3.8, 4) is 0 Å². The van der Waals surface area contributed by atoms with Crippen LogP contribution in [0.25, 0.3) is 0 Å². The van der Waals surface area contributed by atoms with Crippen LogP contribution in [0.1, 0.15) is 71.6 Å². The quantitative estimate of drug-likeness (QED) is 0.188. The highest BCUT2D eigenvalue weighted by Crippen LogP contribution is 2.12. The van der Waals surface area contributed by atoms with Crippen LogP contribution in [0.3, 0.4) is 0 Å². The predicted octanol–water partition coefficient (Wildman–Crippen LogP) is 1.60. The third-order valence-electron chi connectivity index (χ3n) is 4.51. The molecule has 0 bridgehead atoms. The van der Waals surface area contributed by atoms with Gasteiger partial charge in [-0.2, -0.15) is 0 Å². The summed E-state index contributed by atoms with van der Waals surface area (Å²) in [4.78, 5) is 27.3. The first-order chi connectivity index (χ1) is 12.8. The van der Waals surface area contributed by atoms with Gasteiger partial charge in [-0.25, -0.2) is 10.3 Å². The predicted molar refractivity (Wildman–Crippen MR) is 103 cm³/mol. The molecule has 0 aliphatic rings. The SMILES string of the molecule is CNC(=O)CCCCCCCCCCNOC(C(=O)O)C(O)C(O)C(C)C. The summed E-state index contributed by atoms with van der Waals surface area (Å²) in [5, 5.41) is 31.4. The lowest BCUT2D eigenvalue weighted by Crippen LogP contribution is -2.48. The van der Waals surface area contributed by atoms with Crippen molar-refractivity contribution in [2.24, 2.45) is 5.92 Å². The Labute approximate surface area is 162 Å². The Bertz CT molecular complexity index is 406. The topological polar surface area (TPSA) is 128 Å².